The molecule has 0 radical (unpaired) electrons. The second-order valence-corrected chi connectivity index (χ2v) is 3.43. The number of ether oxygens (including phenoxy) is 1. The molecule has 16 heavy (non-hydrogen) atoms. The number of primary amides is 1. The van der Waals surface area contributed by atoms with Crippen LogP contribution >= 0.6 is 0 Å². The first-order chi connectivity index (χ1) is 7.54. The van der Waals surface area contributed by atoms with E-state index in [4.69, 9.17) is 10.5 Å². The first-order valence-electron chi connectivity index (χ1n) is 5.04. The van der Waals surface area contributed by atoms with Gasteiger partial charge in [0.15, 0.2) is 0 Å². The van der Waals surface area contributed by atoms with Crippen molar-refractivity contribution in [3.05, 3.63) is 18.0 Å². The van der Waals surface area contributed by atoms with E-state index >= 15 is 0 Å². The fraction of sp³-hybridized carbons (Fsp3) is 0.500. The van der Waals surface area contributed by atoms with Crippen molar-refractivity contribution in [3.63, 3.8) is 0 Å². The number of hydrogen-bond acceptors (Lipinski definition) is 4. The summed E-state index contributed by atoms with van der Waals surface area (Å²) in [5.74, 6) is -0.819. The van der Waals surface area contributed by atoms with Crippen molar-refractivity contribution in [1.29, 1.82) is 0 Å². The summed E-state index contributed by atoms with van der Waals surface area (Å²) in [6, 6.07) is -0.160. The monoisotopic (exact) mass is 225 g/mol. The molecule has 1 rings (SSSR count). The van der Waals surface area contributed by atoms with E-state index in [1.807, 2.05) is 6.92 Å². The fourth-order valence-corrected chi connectivity index (χ4v) is 1.26. The highest BCUT2D eigenvalue weighted by atomic mass is 16.5. The number of nitrogens with zero attached hydrogens (tertiary/aromatic N) is 2. The quantitative estimate of drug-likeness (QED) is 0.739. The Labute approximate surface area is 93.4 Å². The van der Waals surface area contributed by atoms with Gasteiger partial charge in [-0.2, -0.15) is 5.10 Å². The van der Waals surface area contributed by atoms with E-state index in [9.17, 15) is 9.59 Å². The Morgan fingerprint density at radius 2 is 2.31 bits per heavy atom. The molecule has 1 aromatic heterocycles. The summed E-state index contributed by atoms with van der Waals surface area (Å²) in [4.78, 5) is 22.1. The van der Waals surface area contributed by atoms with E-state index in [-0.39, 0.29) is 18.4 Å². The highest BCUT2D eigenvalue weighted by Gasteiger charge is 2.13. The number of esters is 1. The highest BCUT2D eigenvalue weighted by Crippen LogP contribution is 2.11. The Bertz CT molecular complexity index is 386. The van der Waals surface area contributed by atoms with Crippen LogP contribution < -0.4 is 5.73 Å². The molecule has 0 aliphatic rings. The summed E-state index contributed by atoms with van der Waals surface area (Å²) in [6.07, 6.45) is 3.12. The van der Waals surface area contributed by atoms with Crippen molar-refractivity contribution in [2.45, 2.75) is 26.3 Å². The van der Waals surface area contributed by atoms with Crippen molar-refractivity contribution in [2.24, 2.45) is 5.73 Å². The Balaban J connectivity index is 2.62. The van der Waals surface area contributed by atoms with Crippen LogP contribution in [0.2, 0.25) is 0 Å². The molecule has 1 heterocycles. The molecule has 1 aromatic rings. The second kappa shape index (κ2) is 5.29. The first-order valence-corrected chi connectivity index (χ1v) is 5.04. The molecule has 0 saturated heterocycles. The molecule has 2 N–H and O–H groups in total. The maximum Gasteiger partial charge on any atom is 0.307 e. The van der Waals surface area contributed by atoms with Gasteiger partial charge in [0.2, 0.25) is 0 Å². The minimum Gasteiger partial charge on any atom is -0.466 e. The van der Waals surface area contributed by atoms with Gasteiger partial charge in [0, 0.05) is 6.20 Å². The molecule has 0 aliphatic heterocycles. The molecule has 6 heteroatoms. The molecule has 0 saturated carbocycles. The third-order valence-electron chi connectivity index (χ3n) is 2.11. The van der Waals surface area contributed by atoms with E-state index in [1.54, 1.807) is 6.92 Å². The number of carbonyl (C=O) groups excluding carboxylic acids is 2. The molecule has 0 spiro atoms. The van der Waals surface area contributed by atoms with Gasteiger partial charge in [0.05, 0.1) is 30.8 Å². The van der Waals surface area contributed by atoms with Gasteiger partial charge in [-0.3, -0.25) is 14.3 Å². The predicted molar refractivity (Wildman–Crippen MR) is 56.7 cm³/mol. The van der Waals surface area contributed by atoms with Crippen LogP contribution in [0.5, 0.6) is 0 Å². The molecular formula is C10H15N3O3. The minimum absolute atomic E-state index is 0.160. The molecule has 88 valence electrons. The van der Waals surface area contributed by atoms with Crippen molar-refractivity contribution in [1.82, 2.24) is 9.78 Å². The zero-order valence-corrected chi connectivity index (χ0v) is 9.34. The number of rotatable bonds is 5. The lowest BCUT2D eigenvalue weighted by Crippen LogP contribution is -2.14. The molecule has 0 fully saturated rings. The van der Waals surface area contributed by atoms with E-state index in [2.05, 4.69) is 5.10 Å². The number of nitrogens with two attached hydrogens (primary N) is 1. The van der Waals surface area contributed by atoms with Crippen LogP contribution in [0.3, 0.4) is 0 Å². The normalized spacial score (nSPS) is 12.1. The third-order valence-corrected chi connectivity index (χ3v) is 2.11. The van der Waals surface area contributed by atoms with Gasteiger partial charge in [0.25, 0.3) is 5.91 Å². The Kier molecular flexibility index (Phi) is 4.04. The van der Waals surface area contributed by atoms with E-state index in [0.29, 0.717) is 12.2 Å². The summed E-state index contributed by atoms with van der Waals surface area (Å²) in [5, 5.41) is 3.96. The van der Waals surface area contributed by atoms with Gasteiger partial charge in [-0.1, -0.05) is 0 Å². The topological polar surface area (TPSA) is 87.2 Å². The summed E-state index contributed by atoms with van der Waals surface area (Å²) in [5.41, 5.74) is 5.42. The second-order valence-electron chi connectivity index (χ2n) is 3.43. The van der Waals surface area contributed by atoms with Crippen LogP contribution in [0.4, 0.5) is 0 Å². The maximum atomic E-state index is 11.2. The van der Waals surface area contributed by atoms with E-state index in [0.717, 1.165) is 0 Å². The maximum absolute atomic E-state index is 11.2. The zero-order valence-electron chi connectivity index (χ0n) is 9.34. The van der Waals surface area contributed by atoms with Gasteiger partial charge >= 0.3 is 5.97 Å². The standard InChI is InChI=1S/C10H15N3O3/c1-3-16-9(14)4-7(2)13-6-8(5-12-13)10(11)15/h5-7H,3-4H2,1-2H3,(H2,11,15). The summed E-state index contributed by atoms with van der Waals surface area (Å²) in [6.45, 7) is 3.92. The summed E-state index contributed by atoms with van der Waals surface area (Å²) < 4.78 is 6.34. The van der Waals surface area contributed by atoms with Crippen molar-refractivity contribution in [2.75, 3.05) is 6.61 Å². The largest absolute Gasteiger partial charge is 0.466 e. The summed E-state index contributed by atoms with van der Waals surface area (Å²) in [7, 11) is 0. The molecule has 0 aliphatic carbocycles. The minimum atomic E-state index is -0.533. The highest BCUT2D eigenvalue weighted by molar-refractivity contribution is 5.92. The van der Waals surface area contributed by atoms with Crippen molar-refractivity contribution < 1.29 is 14.3 Å². The van der Waals surface area contributed by atoms with Gasteiger partial charge in [-0.25, -0.2) is 0 Å². The molecule has 1 amide bonds. The lowest BCUT2D eigenvalue weighted by Gasteiger charge is -2.10. The molecule has 6 nitrogen and oxygen atoms in total. The molecule has 1 unspecified atom stereocenters. The van der Waals surface area contributed by atoms with Gasteiger partial charge in [-0.15, -0.1) is 0 Å². The van der Waals surface area contributed by atoms with E-state index < -0.39 is 5.91 Å². The molecular weight excluding hydrogens is 210 g/mol. The van der Waals surface area contributed by atoms with Crippen molar-refractivity contribution in [3.8, 4) is 0 Å². The Morgan fingerprint density at radius 1 is 1.62 bits per heavy atom. The van der Waals surface area contributed by atoms with E-state index in [1.165, 1.54) is 17.1 Å². The molecule has 0 aromatic carbocycles. The SMILES string of the molecule is CCOC(=O)CC(C)n1cc(C(N)=O)cn1. The zero-order chi connectivity index (χ0) is 12.1. The number of aromatic nitrogens is 2. The third kappa shape index (κ3) is 3.08. The number of amides is 1. The predicted octanol–water partition coefficient (Wildman–Crippen LogP) is 0.496. The fourth-order valence-electron chi connectivity index (χ4n) is 1.26. The Morgan fingerprint density at radius 3 is 2.81 bits per heavy atom. The summed E-state index contributed by atoms with van der Waals surface area (Å²) >= 11 is 0. The van der Waals surface area contributed by atoms with Crippen LogP contribution in [-0.4, -0.2) is 28.3 Å². The lowest BCUT2D eigenvalue weighted by molar-refractivity contribution is -0.143. The van der Waals surface area contributed by atoms with Gasteiger partial charge in [-0.05, 0) is 13.8 Å². The Hall–Kier alpha value is -1.85. The van der Waals surface area contributed by atoms with Crippen LogP contribution in [0, 0.1) is 0 Å². The number of carbonyl (C=O) groups is 2. The average molecular weight is 225 g/mol. The van der Waals surface area contributed by atoms with Crippen LogP contribution in [0.15, 0.2) is 12.4 Å². The lowest BCUT2D eigenvalue weighted by atomic mass is 10.2. The molecule has 0 bridgehead atoms. The van der Waals surface area contributed by atoms with Crippen molar-refractivity contribution >= 4 is 11.9 Å². The van der Waals surface area contributed by atoms with Crippen LogP contribution in [0.25, 0.3) is 0 Å². The van der Waals surface area contributed by atoms with Gasteiger partial charge < -0.3 is 10.5 Å². The van der Waals surface area contributed by atoms with Crippen LogP contribution in [-0.2, 0) is 9.53 Å². The number of hydrogen-bond donors (Lipinski definition) is 1. The first kappa shape index (κ1) is 12.2. The average Bonchev–Trinajstić information content (AvgIpc) is 2.66. The van der Waals surface area contributed by atoms with Gasteiger partial charge in [0.1, 0.15) is 0 Å². The van der Waals surface area contributed by atoms with Crippen LogP contribution in [0.1, 0.15) is 36.7 Å². The smallest absolute Gasteiger partial charge is 0.307 e. The molecule has 1 atom stereocenters.